The van der Waals surface area contributed by atoms with Gasteiger partial charge in [0.15, 0.2) is 5.75 Å². The van der Waals surface area contributed by atoms with Crippen LogP contribution in [0, 0.1) is 6.92 Å². The number of anilines is 1. The third kappa shape index (κ3) is 8.24. The van der Waals surface area contributed by atoms with Gasteiger partial charge in [-0.05, 0) is 60.8 Å². The maximum absolute atomic E-state index is 12.3. The largest absolute Gasteiger partial charge is 0.505 e. The number of benzene rings is 4. The zero-order valence-electron chi connectivity index (χ0n) is 22.0. The number of aryl methyl sites for hydroxylation is 1. The summed E-state index contributed by atoms with van der Waals surface area (Å²) in [6.45, 7) is 1.70. The van der Waals surface area contributed by atoms with E-state index in [1.807, 2.05) is 6.92 Å². The quantitative estimate of drug-likeness (QED) is 0.0189. The minimum Gasteiger partial charge on any atom is -0.505 e. The first-order valence-electron chi connectivity index (χ1n) is 11.9. The van der Waals surface area contributed by atoms with Gasteiger partial charge >= 0.3 is 0 Å². The van der Waals surface area contributed by atoms with E-state index >= 15 is 0 Å². The van der Waals surface area contributed by atoms with E-state index in [0.29, 0.717) is 28.3 Å². The van der Waals surface area contributed by atoms with Crippen molar-refractivity contribution in [1.82, 2.24) is 0 Å². The summed E-state index contributed by atoms with van der Waals surface area (Å²) < 4.78 is 43.9. The lowest BCUT2D eigenvalue weighted by atomic mass is 10.1. The molecule has 43 heavy (non-hydrogen) atoms. The molecule has 0 radical (unpaired) electrons. The lowest BCUT2D eigenvalue weighted by Crippen LogP contribution is -2.02. The number of nitrogens with two attached hydrogens (primary N) is 1. The summed E-state index contributed by atoms with van der Waals surface area (Å²) in [4.78, 5) is 4.75. The van der Waals surface area contributed by atoms with Gasteiger partial charge in [-0.1, -0.05) is 22.7 Å². The molecule has 0 aromatic heterocycles. The van der Waals surface area contributed by atoms with Crippen molar-refractivity contribution >= 4 is 73.4 Å². The number of aliphatic hydroxyl groups excluding tert-OH is 1. The number of aliphatic hydroxyl groups is 1. The van der Waals surface area contributed by atoms with Crippen molar-refractivity contribution in [2.45, 2.75) is 21.6 Å². The fourth-order valence-electron chi connectivity index (χ4n) is 3.55. The molecule has 4 aromatic rings. The second-order valence-corrected chi connectivity index (χ2v) is 11.3. The lowest BCUT2D eigenvalue weighted by molar-refractivity contribution is -0.432. The number of rotatable bonds is 13. The normalized spacial score (nSPS) is 12.2. The van der Waals surface area contributed by atoms with Crippen molar-refractivity contribution in [1.29, 1.82) is 0 Å². The van der Waals surface area contributed by atoms with Crippen LogP contribution >= 0.6 is 24.1 Å². The second-order valence-electron chi connectivity index (χ2n) is 8.43. The Morgan fingerprint density at radius 2 is 1.51 bits per heavy atom. The number of phenols is 1. The molecule has 226 valence electrons. The van der Waals surface area contributed by atoms with Gasteiger partial charge in [0.25, 0.3) is 10.1 Å². The average Bonchev–Trinajstić information content (AvgIpc) is 2.98. The standard InChI is InChI=1S/C25H23N5O10S3/c1-14-2-4-16(5-3-14)28-30-24-20(43(34,35)36)13-15-12-19(42-40-38-33)23(25(32)21(15)22(24)26)29-27-17-6-8-18(9-7-17)41-39-37-11-10-31/h2-9,12-13,31-33H,10-11,26H2,1H3,(H,34,35,36). The van der Waals surface area contributed by atoms with Crippen LogP contribution in [-0.4, -0.2) is 41.7 Å². The molecule has 18 heteroatoms. The van der Waals surface area contributed by atoms with Gasteiger partial charge in [-0.3, -0.25) is 4.55 Å². The Morgan fingerprint density at radius 1 is 0.884 bits per heavy atom. The average molecular weight is 650 g/mol. The molecule has 4 aromatic carbocycles. The minimum atomic E-state index is -4.86. The molecule has 0 saturated carbocycles. The molecule has 0 heterocycles. The molecule has 4 rings (SSSR count). The van der Waals surface area contributed by atoms with Crippen molar-refractivity contribution in [3.63, 3.8) is 0 Å². The number of aromatic hydroxyl groups is 1. The summed E-state index contributed by atoms with van der Waals surface area (Å²) in [5.41, 5.74) is 7.09. The van der Waals surface area contributed by atoms with E-state index in [2.05, 4.69) is 29.8 Å². The Bertz CT molecular complexity index is 1750. The highest BCUT2D eigenvalue weighted by atomic mass is 32.2. The summed E-state index contributed by atoms with van der Waals surface area (Å²) in [7, 11) is -4.86. The van der Waals surface area contributed by atoms with Crippen molar-refractivity contribution in [2.75, 3.05) is 18.9 Å². The molecule has 0 aliphatic rings. The summed E-state index contributed by atoms with van der Waals surface area (Å²) in [5.74, 6) is -0.543. The van der Waals surface area contributed by atoms with Gasteiger partial charge in [0, 0.05) is 4.90 Å². The van der Waals surface area contributed by atoms with Crippen LogP contribution in [0.1, 0.15) is 5.56 Å². The summed E-state index contributed by atoms with van der Waals surface area (Å²) in [6.07, 6.45) is 0. The first kappa shape index (κ1) is 32.2. The van der Waals surface area contributed by atoms with Gasteiger partial charge in [0.2, 0.25) is 0 Å². The fourth-order valence-corrected chi connectivity index (χ4v) is 5.16. The van der Waals surface area contributed by atoms with Crippen LogP contribution in [0.4, 0.5) is 28.4 Å². The Morgan fingerprint density at radius 3 is 2.12 bits per heavy atom. The smallest absolute Gasteiger partial charge is 0.296 e. The number of nitrogens with zero attached hydrogens (tertiary/aromatic N) is 4. The van der Waals surface area contributed by atoms with Crippen molar-refractivity contribution < 1.29 is 47.0 Å². The molecule has 0 aliphatic carbocycles. The summed E-state index contributed by atoms with van der Waals surface area (Å²) >= 11 is 1.34. The Hall–Kier alpha value is -3.69. The van der Waals surface area contributed by atoms with Crippen LogP contribution in [0.2, 0.25) is 0 Å². The van der Waals surface area contributed by atoms with Gasteiger partial charge in [0.05, 0.1) is 58.0 Å². The van der Waals surface area contributed by atoms with Crippen LogP contribution in [0.5, 0.6) is 5.75 Å². The van der Waals surface area contributed by atoms with Crippen LogP contribution in [-0.2, 0) is 28.7 Å². The lowest BCUT2D eigenvalue weighted by Gasteiger charge is -2.14. The van der Waals surface area contributed by atoms with Crippen LogP contribution in [0.15, 0.2) is 95.8 Å². The molecule has 0 unspecified atom stereocenters. The molecule has 6 N–H and O–H groups in total. The van der Waals surface area contributed by atoms with E-state index in [1.54, 1.807) is 48.5 Å². The number of phenolic OH excluding ortho intramolecular Hbond substituents is 1. The molecular weight excluding hydrogens is 627 g/mol. The topological polar surface area (TPSA) is 227 Å². The molecule has 0 amide bonds. The highest BCUT2D eigenvalue weighted by molar-refractivity contribution is 7.95. The van der Waals surface area contributed by atoms with Crippen LogP contribution < -0.4 is 5.73 Å². The first-order valence-corrected chi connectivity index (χ1v) is 14.9. The maximum atomic E-state index is 12.3. The number of fused-ring (bicyclic) bond motifs is 1. The third-order valence-corrected chi connectivity index (χ3v) is 7.62. The van der Waals surface area contributed by atoms with Crippen molar-refractivity contribution in [3.8, 4) is 5.75 Å². The SMILES string of the molecule is Cc1ccc(N=Nc2c(S(=O)(=O)O)cc3cc(SOOO)c(N=Nc4ccc(SOOCCO)cc4)c(O)c3c2N)cc1. The highest BCUT2D eigenvalue weighted by Crippen LogP contribution is 2.49. The van der Waals surface area contributed by atoms with Crippen molar-refractivity contribution in [3.05, 3.63) is 66.2 Å². The second kappa shape index (κ2) is 14.7. The number of azo groups is 2. The molecule has 15 nitrogen and oxygen atoms in total. The maximum Gasteiger partial charge on any atom is 0.296 e. The predicted octanol–water partition coefficient (Wildman–Crippen LogP) is 6.89. The predicted molar refractivity (Wildman–Crippen MR) is 156 cm³/mol. The monoisotopic (exact) mass is 649 g/mol. The number of hydrogen-bond donors (Lipinski definition) is 5. The summed E-state index contributed by atoms with van der Waals surface area (Å²) in [5, 5.41) is 48.5. The molecule has 0 atom stereocenters. The van der Waals surface area contributed by atoms with Crippen LogP contribution in [0.25, 0.3) is 10.8 Å². The van der Waals surface area contributed by atoms with Gasteiger partial charge in [-0.15, -0.1) is 14.6 Å². The number of nitrogen functional groups attached to an aromatic ring is 1. The molecule has 0 fully saturated rings. The first-order chi connectivity index (χ1) is 20.6. The molecule has 0 saturated heterocycles. The van der Waals surface area contributed by atoms with E-state index in [9.17, 15) is 18.1 Å². The van der Waals surface area contributed by atoms with E-state index < -0.39 is 26.5 Å². The molecule has 0 aliphatic heterocycles. The Balaban J connectivity index is 1.79. The minimum absolute atomic E-state index is 0.0126. The molecular formula is C25H23N5O10S3. The molecule has 0 spiro atoms. The third-order valence-electron chi connectivity index (χ3n) is 5.50. The van der Waals surface area contributed by atoms with Gasteiger partial charge in [0.1, 0.15) is 22.9 Å². The van der Waals surface area contributed by atoms with Crippen molar-refractivity contribution in [2.24, 2.45) is 20.5 Å². The van der Waals surface area contributed by atoms with Gasteiger partial charge in [-0.2, -0.15) is 23.0 Å². The molecule has 0 bridgehead atoms. The number of hydrogen-bond acceptors (Lipinski definition) is 16. The Labute approximate surface area is 252 Å². The zero-order valence-corrected chi connectivity index (χ0v) is 24.5. The van der Waals surface area contributed by atoms with E-state index in [-0.39, 0.29) is 40.3 Å². The summed E-state index contributed by atoms with van der Waals surface area (Å²) in [6, 6.07) is 15.7. The van der Waals surface area contributed by atoms with E-state index in [1.165, 1.54) is 6.07 Å². The van der Waals surface area contributed by atoms with E-state index in [0.717, 1.165) is 23.7 Å². The Kier molecular flexibility index (Phi) is 11.0. The van der Waals surface area contributed by atoms with Gasteiger partial charge in [-0.25, -0.2) is 10.1 Å². The highest BCUT2D eigenvalue weighted by Gasteiger charge is 2.25. The van der Waals surface area contributed by atoms with E-state index in [4.69, 9.17) is 25.3 Å². The zero-order chi connectivity index (χ0) is 31.0. The fraction of sp³-hybridized carbons (Fsp3) is 0.120. The van der Waals surface area contributed by atoms with Crippen LogP contribution in [0.3, 0.4) is 0 Å². The van der Waals surface area contributed by atoms with Gasteiger partial charge < -0.3 is 15.9 Å².